The molecular formula is C11H19N3S. The summed E-state index contributed by atoms with van der Waals surface area (Å²) in [5.41, 5.74) is 1.15. The Hall–Kier alpha value is -0.480. The van der Waals surface area contributed by atoms with Crippen molar-refractivity contribution in [2.45, 2.75) is 45.1 Å². The molecule has 0 saturated heterocycles. The first-order chi connectivity index (χ1) is 7.42. The summed E-state index contributed by atoms with van der Waals surface area (Å²) in [5.74, 6) is 0.778. The Balaban J connectivity index is 2.01. The summed E-state index contributed by atoms with van der Waals surface area (Å²) >= 11 is 1.32. The van der Waals surface area contributed by atoms with Crippen molar-refractivity contribution < 1.29 is 0 Å². The van der Waals surface area contributed by atoms with Gasteiger partial charge in [0.25, 0.3) is 0 Å². The predicted molar refractivity (Wildman–Crippen MR) is 62.9 cm³/mol. The summed E-state index contributed by atoms with van der Waals surface area (Å²) < 4.78 is 8.50. The lowest BCUT2D eigenvalue weighted by atomic mass is 9.95. The van der Waals surface area contributed by atoms with E-state index in [1.54, 1.807) is 0 Å². The van der Waals surface area contributed by atoms with Crippen molar-refractivity contribution in [2.24, 2.45) is 5.92 Å². The molecule has 0 bridgehead atoms. The molecule has 3 nitrogen and oxygen atoms in total. The molecular weight excluding hydrogens is 206 g/mol. The van der Waals surface area contributed by atoms with Crippen LogP contribution >= 0.6 is 11.7 Å². The molecule has 0 spiro atoms. The normalized spacial score (nSPS) is 19.5. The van der Waals surface area contributed by atoms with E-state index in [1.807, 2.05) is 6.20 Å². The second-order valence-corrected chi connectivity index (χ2v) is 4.87. The lowest BCUT2D eigenvalue weighted by Gasteiger charge is -2.22. The fraction of sp³-hybridized carbons (Fsp3) is 0.818. The van der Waals surface area contributed by atoms with Gasteiger partial charge < -0.3 is 5.32 Å². The minimum atomic E-state index is 0.450. The van der Waals surface area contributed by atoms with E-state index < -0.39 is 0 Å². The zero-order valence-corrected chi connectivity index (χ0v) is 10.1. The summed E-state index contributed by atoms with van der Waals surface area (Å²) in [6.07, 6.45) is 8.56. The van der Waals surface area contributed by atoms with E-state index in [0.29, 0.717) is 6.04 Å². The molecule has 1 heterocycles. The van der Waals surface area contributed by atoms with Crippen LogP contribution in [-0.2, 0) is 0 Å². The molecule has 0 amide bonds. The Morgan fingerprint density at radius 3 is 2.93 bits per heavy atom. The average Bonchev–Trinajstić information content (AvgIpc) is 2.90. The third-order valence-electron chi connectivity index (χ3n) is 3.18. The fourth-order valence-corrected chi connectivity index (χ4v) is 2.87. The number of aromatic nitrogens is 2. The zero-order chi connectivity index (χ0) is 10.5. The maximum Gasteiger partial charge on any atom is 0.0915 e. The predicted octanol–water partition coefficient (Wildman–Crippen LogP) is 2.77. The maximum atomic E-state index is 4.38. The Bertz CT molecular complexity index is 267. The molecule has 0 aliphatic heterocycles. The van der Waals surface area contributed by atoms with Crippen molar-refractivity contribution in [3.8, 4) is 0 Å². The van der Waals surface area contributed by atoms with Crippen LogP contribution in [-0.4, -0.2) is 15.3 Å². The van der Waals surface area contributed by atoms with Crippen LogP contribution in [0.15, 0.2) is 6.20 Å². The molecule has 1 aromatic heterocycles. The minimum absolute atomic E-state index is 0.450. The van der Waals surface area contributed by atoms with Crippen LogP contribution in [0.1, 0.15) is 50.8 Å². The molecule has 1 fully saturated rings. The van der Waals surface area contributed by atoms with Gasteiger partial charge in [-0.05, 0) is 31.7 Å². The summed E-state index contributed by atoms with van der Waals surface area (Å²) in [7, 11) is 0. The molecule has 1 aliphatic carbocycles. The summed E-state index contributed by atoms with van der Waals surface area (Å²) in [6, 6.07) is 0.450. The number of nitrogens with one attached hydrogen (secondary N) is 1. The number of nitrogens with zero attached hydrogens (tertiary/aromatic N) is 2. The van der Waals surface area contributed by atoms with Crippen molar-refractivity contribution in [1.29, 1.82) is 0 Å². The topological polar surface area (TPSA) is 37.8 Å². The van der Waals surface area contributed by atoms with Crippen LogP contribution in [0.4, 0.5) is 0 Å². The zero-order valence-electron chi connectivity index (χ0n) is 9.28. The van der Waals surface area contributed by atoms with Gasteiger partial charge in [0, 0.05) is 0 Å². The van der Waals surface area contributed by atoms with E-state index in [4.69, 9.17) is 0 Å². The molecule has 4 heteroatoms. The fourth-order valence-electron chi connectivity index (χ4n) is 2.41. The van der Waals surface area contributed by atoms with Gasteiger partial charge in [-0.25, -0.2) is 0 Å². The number of rotatable bonds is 5. The molecule has 1 atom stereocenters. The van der Waals surface area contributed by atoms with Crippen LogP contribution in [0, 0.1) is 5.92 Å². The van der Waals surface area contributed by atoms with Crippen LogP contribution in [0.25, 0.3) is 0 Å². The van der Waals surface area contributed by atoms with Crippen LogP contribution < -0.4 is 5.32 Å². The molecule has 1 saturated carbocycles. The lowest BCUT2D eigenvalue weighted by Crippen LogP contribution is -2.28. The van der Waals surface area contributed by atoms with E-state index in [2.05, 4.69) is 21.0 Å². The van der Waals surface area contributed by atoms with Crippen LogP contribution in [0.2, 0.25) is 0 Å². The standard InChI is InChI=1S/C11H19N3S/c1-2-7-12-11(9-5-3-4-6-9)10-8-13-15-14-10/h8-9,11-12H,2-7H2,1H3. The first-order valence-electron chi connectivity index (χ1n) is 5.92. The second kappa shape index (κ2) is 5.56. The van der Waals surface area contributed by atoms with E-state index >= 15 is 0 Å². The van der Waals surface area contributed by atoms with Gasteiger partial charge in [0.05, 0.1) is 29.7 Å². The monoisotopic (exact) mass is 225 g/mol. The largest absolute Gasteiger partial charge is 0.308 e. The Morgan fingerprint density at radius 1 is 1.53 bits per heavy atom. The van der Waals surface area contributed by atoms with E-state index in [0.717, 1.165) is 18.2 Å². The molecule has 1 aromatic rings. The quantitative estimate of drug-likeness (QED) is 0.837. The average molecular weight is 225 g/mol. The first-order valence-corrected chi connectivity index (χ1v) is 6.65. The van der Waals surface area contributed by atoms with Gasteiger partial charge in [0.1, 0.15) is 0 Å². The Morgan fingerprint density at radius 2 is 2.33 bits per heavy atom. The van der Waals surface area contributed by atoms with Crippen molar-refractivity contribution in [3.63, 3.8) is 0 Å². The number of hydrogen-bond acceptors (Lipinski definition) is 4. The van der Waals surface area contributed by atoms with Gasteiger partial charge in [-0.15, -0.1) is 0 Å². The first kappa shape index (κ1) is 11.0. The van der Waals surface area contributed by atoms with Gasteiger partial charge >= 0.3 is 0 Å². The SMILES string of the molecule is CCCNC(c1cnsn1)C1CCCC1. The van der Waals surface area contributed by atoms with Gasteiger partial charge in [-0.3, -0.25) is 0 Å². The highest BCUT2D eigenvalue weighted by Gasteiger charge is 2.27. The van der Waals surface area contributed by atoms with Crippen molar-refractivity contribution >= 4 is 11.7 Å². The van der Waals surface area contributed by atoms with E-state index in [9.17, 15) is 0 Å². The molecule has 15 heavy (non-hydrogen) atoms. The van der Waals surface area contributed by atoms with Crippen molar-refractivity contribution in [2.75, 3.05) is 6.54 Å². The van der Waals surface area contributed by atoms with E-state index in [-0.39, 0.29) is 0 Å². The molecule has 1 aliphatic rings. The third kappa shape index (κ3) is 2.75. The summed E-state index contributed by atoms with van der Waals surface area (Å²) in [5, 5.41) is 3.62. The van der Waals surface area contributed by atoms with E-state index in [1.165, 1.54) is 43.8 Å². The molecule has 1 N–H and O–H groups in total. The maximum absolute atomic E-state index is 4.38. The van der Waals surface area contributed by atoms with Crippen molar-refractivity contribution in [1.82, 2.24) is 14.1 Å². The molecule has 0 radical (unpaired) electrons. The molecule has 2 rings (SSSR count). The number of hydrogen-bond donors (Lipinski definition) is 1. The van der Waals surface area contributed by atoms with Crippen LogP contribution in [0.5, 0.6) is 0 Å². The summed E-state index contributed by atoms with van der Waals surface area (Å²) in [6.45, 7) is 3.29. The van der Waals surface area contributed by atoms with Gasteiger partial charge in [0.2, 0.25) is 0 Å². The Kier molecular flexibility index (Phi) is 4.09. The highest BCUT2D eigenvalue weighted by molar-refractivity contribution is 6.99. The lowest BCUT2D eigenvalue weighted by molar-refractivity contribution is 0.363. The highest BCUT2D eigenvalue weighted by Crippen LogP contribution is 2.35. The smallest absolute Gasteiger partial charge is 0.0915 e. The summed E-state index contributed by atoms with van der Waals surface area (Å²) in [4.78, 5) is 0. The van der Waals surface area contributed by atoms with Gasteiger partial charge in [-0.1, -0.05) is 19.8 Å². The molecule has 1 unspecified atom stereocenters. The Labute approximate surface area is 95.6 Å². The van der Waals surface area contributed by atoms with Crippen LogP contribution in [0.3, 0.4) is 0 Å². The van der Waals surface area contributed by atoms with Gasteiger partial charge in [-0.2, -0.15) is 8.75 Å². The van der Waals surface area contributed by atoms with Gasteiger partial charge in [0.15, 0.2) is 0 Å². The minimum Gasteiger partial charge on any atom is -0.308 e. The highest BCUT2D eigenvalue weighted by atomic mass is 32.1. The van der Waals surface area contributed by atoms with Crippen molar-refractivity contribution in [3.05, 3.63) is 11.9 Å². The molecule has 84 valence electrons. The molecule has 0 aromatic carbocycles. The third-order valence-corrected chi connectivity index (χ3v) is 3.67. The second-order valence-electron chi connectivity index (χ2n) is 4.31.